The lowest BCUT2D eigenvalue weighted by molar-refractivity contribution is -0.148. The lowest BCUT2D eigenvalue weighted by atomic mass is 9.98. The number of hydrogen-bond donors (Lipinski definition) is 1. The third kappa shape index (κ3) is 3.35. The van der Waals surface area contributed by atoms with E-state index >= 15 is 0 Å². The summed E-state index contributed by atoms with van der Waals surface area (Å²) in [6.07, 6.45) is 0.648. The molecule has 5 heteroatoms. The number of methoxy groups -OCH3 is 1. The van der Waals surface area contributed by atoms with Crippen molar-refractivity contribution in [3.63, 3.8) is 0 Å². The van der Waals surface area contributed by atoms with Crippen molar-refractivity contribution in [1.82, 2.24) is 15.1 Å². The molecule has 1 heterocycles. The lowest BCUT2D eigenvalue weighted by Gasteiger charge is -2.27. The van der Waals surface area contributed by atoms with E-state index in [9.17, 15) is 4.79 Å². The van der Waals surface area contributed by atoms with Crippen LogP contribution in [0.5, 0.6) is 0 Å². The molecule has 0 aromatic carbocycles. The predicted molar refractivity (Wildman–Crippen MR) is 75.2 cm³/mol. The number of nitrogens with zero attached hydrogens (tertiary/aromatic N) is 2. The molecule has 1 aromatic rings. The minimum absolute atomic E-state index is 0.229. The third-order valence-corrected chi connectivity index (χ3v) is 3.77. The highest BCUT2D eigenvalue weighted by molar-refractivity contribution is 5.80. The minimum atomic E-state index is -0.663. The van der Waals surface area contributed by atoms with Gasteiger partial charge in [-0.3, -0.25) is 9.48 Å². The van der Waals surface area contributed by atoms with E-state index < -0.39 is 5.54 Å². The molecule has 0 aliphatic heterocycles. The van der Waals surface area contributed by atoms with E-state index in [0.29, 0.717) is 13.0 Å². The summed E-state index contributed by atoms with van der Waals surface area (Å²) in [5, 5.41) is 7.70. The molecule has 19 heavy (non-hydrogen) atoms. The van der Waals surface area contributed by atoms with Crippen molar-refractivity contribution in [2.75, 3.05) is 13.7 Å². The van der Waals surface area contributed by atoms with Crippen molar-refractivity contribution in [3.8, 4) is 0 Å². The van der Waals surface area contributed by atoms with Crippen LogP contribution in [0.25, 0.3) is 0 Å². The van der Waals surface area contributed by atoms with E-state index in [0.717, 1.165) is 17.9 Å². The first-order chi connectivity index (χ1) is 8.85. The van der Waals surface area contributed by atoms with E-state index in [1.54, 1.807) is 0 Å². The highest BCUT2D eigenvalue weighted by Gasteiger charge is 2.33. The molecule has 5 nitrogen and oxygen atoms in total. The second-order valence-corrected chi connectivity index (χ2v) is 5.12. The van der Waals surface area contributed by atoms with Gasteiger partial charge in [-0.05, 0) is 46.2 Å². The molecular formula is C14H25N3O2. The van der Waals surface area contributed by atoms with Gasteiger partial charge in [0.25, 0.3) is 0 Å². The highest BCUT2D eigenvalue weighted by atomic mass is 16.5. The van der Waals surface area contributed by atoms with Crippen LogP contribution in [0.1, 0.15) is 37.2 Å². The van der Waals surface area contributed by atoms with Gasteiger partial charge in [0, 0.05) is 12.2 Å². The SMILES string of the molecule is CCNC(C)(CCn1nc(C)c(C)c1C)C(=O)OC. The smallest absolute Gasteiger partial charge is 0.325 e. The molecule has 0 amide bonds. The van der Waals surface area contributed by atoms with Crippen LogP contribution >= 0.6 is 0 Å². The Hall–Kier alpha value is -1.36. The molecule has 1 N–H and O–H groups in total. The van der Waals surface area contributed by atoms with Gasteiger partial charge in [-0.2, -0.15) is 5.10 Å². The standard InChI is InChI=1S/C14H25N3O2/c1-7-15-14(5,13(18)19-6)8-9-17-12(4)10(2)11(3)16-17/h15H,7-9H2,1-6H3. The van der Waals surface area contributed by atoms with Crippen LogP contribution in [0, 0.1) is 20.8 Å². The Bertz CT molecular complexity index is 454. The van der Waals surface area contributed by atoms with Crippen molar-refractivity contribution in [3.05, 3.63) is 17.0 Å². The summed E-state index contributed by atoms with van der Waals surface area (Å²) in [6, 6.07) is 0. The van der Waals surface area contributed by atoms with Crippen LogP contribution in [0.2, 0.25) is 0 Å². The molecule has 0 saturated carbocycles. The van der Waals surface area contributed by atoms with E-state index in [1.165, 1.54) is 12.7 Å². The third-order valence-electron chi connectivity index (χ3n) is 3.77. The zero-order valence-corrected chi connectivity index (χ0v) is 12.8. The molecular weight excluding hydrogens is 242 g/mol. The summed E-state index contributed by atoms with van der Waals surface area (Å²) in [5.41, 5.74) is 2.74. The molecule has 108 valence electrons. The summed E-state index contributed by atoms with van der Waals surface area (Å²) in [5.74, 6) is -0.229. The Morgan fingerprint density at radius 1 is 1.42 bits per heavy atom. The molecule has 0 spiro atoms. The number of carbonyl (C=O) groups excluding carboxylic acids is 1. The van der Waals surface area contributed by atoms with Crippen molar-refractivity contribution in [2.24, 2.45) is 0 Å². The zero-order valence-electron chi connectivity index (χ0n) is 12.8. The van der Waals surface area contributed by atoms with Gasteiger partial charge in [-0.1, -0.05) is 6.92 Å². The number of nitrogens with one attached hydrogen (secondary N) is 1. The van der Waals surface area contributed by atoms with Gasteiger partial charge in [0.15, 0.2) is 0 Å². The number of esters is 1. The van der Waals surface area contributed by atoms with Crippen molar-refractivity contribution >= 4 is 5.97 Å². The van der Waals surface area contributed by atoms with Crippen LogP contribution in [0.3, 0.4) is 0 Å². The molecule has 0 aliphatic carbocycles. The maximum absolute atomic E-state index is 11.9. The molecule has 1 unspecified atom stereocenters. The Balaban J connectivity index is 2.82. The van der Waals surface area contributed by atoms with Crippen molar-refractivity contribution in [2.45, 2.75) is 53.1 Å². The Labute approximate surface area is 115 Å². The number of rotatable bonds is 6. The predicted octanol–water partition coefficient (Wildman–Crippen LogP) is 1.74. The van der Waals surface area contributed by atoms with Crippen LogP contribution in [-0.4, -0.2) is 34.9 Å². The summed E-state index contributed by atoms with van der Waals surface area (Å²) in [7, 11) is 1.42. The van der Waals surface area contributed by atoms with Gasteiger partial charge in [0.2, 0.25) is 0 Å². The quantitative estimate of drug-likeness (QED) is 0.798. The average Bonchev–Trinajstić information content (AvgIpc) is 2.63. The van der Waals surface area contributed by atoms with Crippen LogP contribution in [-0.2, 0) is 16.1 Å². The fourth-order valence-electron chi connectivity index (χ4n) is 2.21. The number of aryl methyl sites for hydroxylation is 2. The summed E-state index contributed by atoms with van der Waals surface area (Å²) in [6.45, 7) is 11.4. The fraction of sp³-hybridized carbons (Fsp3) is 0.714. The fourth-order valence-corrected chi connectivity index (χ4v) is 2.21. The molecule has 1 rings (SSSR count). The van der Waals surface area contributed by atoms with Gasteiger partial charge in [0.05, 0.1) is 12.8 Å². The van der Waals surface area contributed by atoms with E-state index in [2.05, 4.69) is 24.3 Å². The van der Waals surface area contributed by atoms with Crippen LogP contribution < -0.4 is 5.32 Å². The Morgan fingerprint density at radius 2 is 2.05 bits per heavy atom. The molecule has 1 atom stereocenters. The van der Waals surface area contributed by atoms with Gasteiger partial charge in [-0.15, -0.1) is 0 Å². The Kier molecular flexibility index (Phi) is 5.11. The summed E-state index contributed by atoms with van der Waals surface area (Å²) in [4.78, 5) is 11.9. The number of likely N-dealkylation sites (N-methyl/N-ethyl adjacent to an activating group) is 1. The van der Waals surface area contributed by atoms with Crippen LogP contribution in [0.4, 0.5) is 0 Å². The number of carbonyl (C=O) groups is 1. The Morgan fingerprint density at radius 3 is 2.47 bits per heavy atom. The molecule has 0 bridgehead atoms. The monoisotopic (exact) mass is 267 g/mol. The van der Waals surface area contributed by atoms with Gasteiger partial charge >= 0.3 is 5.97 Å². The van der Waals surface area contributed by atoms with E-state index in [1.807, 2.05) is 25.5 Å². The van der Waals surface area contributed by atoms with E-state index in [4.69, 9.17) is 4.74 Å². The number of ether oxygens (including phenoxy) is 1. The first-order valence-electron chi connectivity index (χ1n) is 6.69. The molecule has 1 aromatic heterocycles. The molecule has 0 saturated heterocycles. The zero-order chi connectivity index (χ0) is 14.6. The van der Waals surface area contributed by atoms with Gasteiger partial charge in [-0.25, -0.2) is 0 Å². The van der Waals surface area contributed by atoms with Crippen LogP contribution in [0.15, 0.2) is 0 Å². The second kappa shape index (κ2) is 6.19. The molecule has 0 aliphatic rings. The normalized spacial score (nSPS) is 14.2. The van der Waals surface area contributed by atoms with Gasteiger partial charge in [0.1, 0.15) is 5.54 Å². The van der Waals surface area contributed by atoms with Gasteiger partial charge < -0.3 is 10.1 Å². The average molecular weight is 267 g/mol. The maximum Gasteiger partial charge on any atom is 0.325 e. The summed E-state index contributed by atoms with van der Waals surface area (Å²) >= 11 is 0. The first kappa shape index (κ1) is 15.7. The molecule has 0 radical (unpaired) electrons. The highest BCUT2D eigenvalue weighted by Crippen LogP contribution is 2.16. The second-order valence-electron chi connectivity index (χ2n) is 5.12. The van der Waals surface area contributed by atoms with Crippen molar-refractivity contribution in [1.29, 1.82) is 0 Å². The maximum atomic E-state index is 11.9. The first-order valence-corrected chi connectivity index (χ1v) is 6.69. The number of hydrogen-bond acceptors (Lipinski definition) is 4. The minimum Gasteiger partial charge on any atom is -0.468 e. The lowest BCUT2D eigenvalue weighted by Crippen LogP contribution is -2.50. The molecule has 0 fully saturated rings. The topological polar surface area (TPSA) is 56.2 Å². The van der Waals surface area contributed by atoms with Crippen molar-refractivity contribution < 1.29 is 9.53 Å². The van der Waals surface area contributed by atoms with E-state index in [-0.39, 0.29) is 5.97 Å². The summed E-state index contributed by atoms with van der Waals surface area (Å²) < 4.78 is 6.85. The largest absolute Gasteiger partial charge is 0.468 e. The number of aromatic nitrogens is 2.